The van der Waals surface area contributed by atoms with Crippen molar-refractivity contribution in [3.63, 3.8) is 0 Å². The number of hydrogen-bond acceptors (Lipinski definition) is 5. The van der Waals surface area contributed by atoms with Gasteiger partial charge in [-0.1, -0.05) is 11.6 Å². The number of carboxylic acids is 1. The van der Waals surface area contributed by atoms with Crippen LogP contribution < -0.4 is 0 Å². The van der Waals surface area contributed by atoms with Gasteiger partial charge >= 0.3 is 5.97 Å². The number of carboxylic acid groups (broad SMARTS) is 1. The highest BCUT2D eigenvalue weighted by Gasteiger charge is 2.39. The quantitative estimate of drug-likeness (QED) is 0.771. The number of carbonyl (C=O) groups excluding carboxylic acids is 1. The number of carbonyl (C=O) groups is 2. The number of aliphatic carboxylic acids is 1. The summed E-state index contributed by atoms with van der Waals surface area (Å²) in [6, 6.07) is -1.05. The van der Waals surface area contributed by atoms with Crippen molar-refractivity contribution in [2.45, 2.75) is 18.6 Å². The summed E-state index contributed by atoms with van der Waals surface area (Å²) in [5.74, 6) is -1.76. The number of amides is 1. The number of nitrogens with zero attached hydrogens (tertiary/aromatic N) is 3. The highest BCUT2D eigenvalue weighted by Crippen LogP contribution is 2.20. The Balaban J connectivity index is 2.25. The third kappa shape index (κ3) is 2.41. The number of aromatic nitrogens is 2. The van der Waals surface area contributed by atoms with Crippen molar-refractivity contribution in [3.8, 4) is 0 Å². The molecule has 1 fully saturated rings. The van der Waals surface area contributed by atoms with Crippen molar-refractivity contribution in [2.75, 3.05) is 6.54 Å². The van der Waals surface area contributed by atoms with E-state index in [1.54, 1.807) is 0 Å². The zero-order chi connectivity index (χ0) is 13.3. The second kappa shape index (κ2) is 4.87. The van der Waals surface area contributed by atoms with Gasteiger partial charge in [-0.25, -0.2) is 9.78 Å². The molecule has 1 aliphatic rings. The first-order valence-electron chi connectivity index (χ1n) is 5.18. The molecule has 1 aliphatic heterocycles. The maximum atomic E-state index is 12.0. The largest absolute Gasteiger partial charge is 0.480 e. The molecule has 1 amide bonds. The number of likely N-dealkylation sites (tertiary alicyclic amines) is 1. The van der Waals surface area contributed by atoms with E-state index in [1.807, 2.05) is 0 Å². The highest BCUT2D eigenvalue weighted by molar-refractivity contribution is 6.29. The first-order valence-corrected chi connectivity index (χ1v) is 5.56. The summed E-state index contributed by atoms with van der Waals surface area (Å²) >= 11 is 5.61. The Morgan fingerprint density at radius 2 is 2.17 bits per heavy atom. The lowest BCUT2D eigenvalue weighted by molar-refractivity contribution is -0.141. The van der Waals surface area contributed by atoms with Crippen molar-refractivity contribution in [3.05, 3.63) is 23.2 Å². The number of halogens is 1. The van der Waals surface area contributed by atoms with Crippen LogP contribution in [0.1, 0.15) is 16.9 Å². The van der Waals surface area contributed by atoms with Gasteiger partial charge < -0.3 is 15.1 Å². The Bertz CT molecular complexity index is 496. The zero-order valence-corrected chi connectivity index (χ0v) is 9.91. The van der Waals surface area contributed by atoms with E-state index in [1.165, 1.54) is 12.4 Å². The number of hydrogen-bond donors (Lipinski definition) is 2. The molecule has 7 nitrogen and oxygen atoms in total. The van der Waals surface area contributed by atoms with Crippen LogP contribution in [0.2, 0.25) is 5.15 Å². The predicted molar refractivity (Wildman–Crippen MR) is 60.1 cm³/mol. The fraction of sp³-hybridized carbons (Fsp3) is 0.400. The molecule has 1 aromatic rings. The van der Waals surface area contributed by atoms with Crippen molar-refractivity contribution in [1.29, 1.82) is 0 Å². The van der Waals surface area contributed by atoms with Crippen LogP contribution in [0.4, 0.5) is 0 Å². The molecule has 0 aromatic carbocycles. The van der Waals surface area contributed by atoms with E-state index in [0.717, 1.165) is 4.90 Å². The molecule has 1 aromatic heterocycles. The van der Waals surface area contributed by atoms with Gasteiger partial charge in [0.05, 0.1) is 18.5 Å². The molecule has 2 unspecified atom stereocenters. The lowest BCUT2D eigenvalue weighted by Gasteiger charge is -2.20. The third-order valence-corrected chi connectivity index (χ3v) is 2.83. The molecule has 2 heterocycles. The molecular formula is C10H10ClN3O4. The van der Waals surface area contributed by atoms with Crippen molar-refractivity contribution >= 4 is 23.5 Å². The zero-order valence-electron chi connectivity index (χ0n) is 9.15. The van der Waals surface area contributed by atoms with Crippen LogP contribution in [-0.2, 0) is 4.79 Å². The van der Waals surface area contributed by atoms with Crippen molar-refractivity contribution in [1.82, 2.24) is 14.9 Å². The Kier molecular flexibility index (Phi) is 3.44. The fourth-order valence-electron chi connectivity index (χ4n) is 1.86. The summed E-state index contributed by atoms with van der Waals surface area (Å²) in [7, 11) is 0. The van der Waals surface area contributed by atoms with Gasteiger partial charge in [0.15, 0.2) is 0 Å². The minimum atomic E-state index is -1.16. The minimum absolute atomic E-state index is 0.00900. The van der Waals surface area contributed by atoms with Gasteiger partial charge in [0.1, 0.15) is 16.9 Å². The standard InChI is InChI=1S/C10H10ClN3O4/c11-8-3-12-2-6(13-8)9(16)14-4-5(15)1-7(14)10(17)18/h2-3,5,7,15H,1,4H2,(H,17,18). The van der Waals surface area contributed by atoms with Gasteiger partial charge in [0, 0.05) is 13.0 Å². The molecule has 8 heteroatoms. The first-order chi connectivity index (χ1) is 8.49. The number of rotatable bonds is 2. The van der Waals surface area contributed by atoms with Crippen molar-refractivity contribution < 1.29 is 19.8 Å². The molecular weight excluding hydrogens is 262 g/mol. The summed E-state index contributed by atoms with van der Waals surface area (Å²) in [6.07, 6.45) is 1.64. The van der Waals surface area contributed by atoms with Gasteiger partial charge in [-0.3, -0.25) is 9.78 Å². The molecule has 0 radical (unpaired) electrons. The Morgan fingerprint density at radius 3 is 2.78 bits per heavy atom. The van der Waals surface area contributed by atoms with E-state index < -0.39 is 24.0 Å². The number of aliphatic hydroxyl groups excluding tert-OH is 1. The molecule has 18 heavy (non-hydrogen) atoms. The summed E-state index contributed by atoms with van der Waals surface area (Å²) < 4.78 is 0. The number of β-amino-alcohol motifs (C(OH)–C–C–N with tert-alkyl or cyclic N) is 1. The molecule has 96 valence electrons. The summed E-state index contributed by atoms with van der Waals surface area (Å²) in [5, 5.41) is 18.5. The Morgan fingerprint density at radius 1 is 1.44 bits per heavy atom. The average Bonchev–Trinajstić information content (AvgIpc) is 2.70. The van der Waals surface area contributed by atoms with Crippen LogP contribution in [0.5, 0.6) is 0 Å². The first kappa shape index (κ1) is 12.7. The van der Waals surface area contributed by atoms with Crippen LogP contribution >= 0.6 is 11.6 Å². The maximum Gasteiger partial charge on any atom is 0.326 e. The van der Waals surface area contributed by atoms with Crippen LogP contribution in [0, 0.1) is 0 Å². The monoisotopic (exact) mass is 271 g/mol. The van der Waals surface area contributed by atoms with Crippen LogP contribution in [0.3, 0.4) is 0 Å². The Labute approximate surface area is 107 Å². The molecule has 0 aliphatic carbocycles. The third-order valence-electron chi connectivity index (χ3n) is 2.65. The molecule has 2 N–H and O–H groups in total. The van der Waals surface area contributed by atoms with Gasteiger partial charge in [0.25, 0.3) is 5.91 Å². The molecule has 1 saturated heterocycles. The maximum absolute atomic E-state index is 12.0. The van der Waals surface area contributed by atoms with Gasteiger partial charge in [-0.2, -0.15) is 0 Å². The van der Waals surface area contributed by atoms with Crippen molar-refractivity contribution in [2.24, 2.45) is 0 Å². The van der Waals surface area contributed by atoms with Gasteiger partial charge in [-0.05, 0) is 0 Å². The summed E-state index contributed by atoms with van der Waals surface area (Å²) in [5.41, 5.74) is -0.0390. The summed E-state index contributed by atoms with van der Waals surface area (Å²) in [4.78, 5) is 31.6. The average molecular weight is 272 g/mol. The van der Waals surface area contributed by atoms with E-state index in [2.05, 4.69) is 9.97 Å². The lowest BCUT2D eigenvalue weighted by Crippen LogP contribution is -2.41. The second-order valence-electron chi connectivity index (χ2n) is 3.93. The molecule has 0 spiro atoms. The van der Waals surface area contributed by atoms with Crippen LogP contribution in [-0.4, -0.2) is 55.6 Å². The van der Waals surface area contributed by atoms with Gasteiger partial charge in [0.2, 0.25) is 0 Å². The van der Waals surface area contributed by atoms with E-state index >= 15 is 0 Å². The summed E-state index contributed by atoms with van der Waals surface area (Å²) in [6.45, 7) is -0.0377. The van der Waals surface area contributed by atoms with E-state index in [4.69, 9.17) is 16.7 Å². The SMILES string of the molecule is O=C(O)C1CC(O)CN1C(=O)c1cncc(Cl)n1. The van der Waals surface area contributed by atoms with E-state index in [0.29, 0.717) is 0 Å². The predicted octanol–water partition coefficient (Wildman–Crippen LogP) is -0.210. The minimum Gasteiger partial charge on any atom is -0.480 e. The second-order valence-corrected chi connectivity index (χ2v) is 4.32. The highest BCUT2D eigenvalue weighted by atomic mass is 35.5. The van der Waals surface area contributed by atoms with E-state index in [9.17, 15) is 14.7 Å². The normalized spacial score (nSPS) is 23.1. The lowest BCUT2D eigenvalue weighted by atomic mass is 10.2. The number of aliphatic hydroxyl groups is 1. The van der Waals surface area contributed by atoms with Crippen LogP contribution in [0.15, 0.2) is 12.4 Å². The fourth-order valence-corrected chi connectivity index (χ4v) is 2.01. The molecule has 2 atom stereocenters. The van der Waals surface area contributed by atoms with Crippen LogP contribution in [0.25, 0.3) is 0 Å². The van der Waals surface area contributed by atoms with Gasteiger partial charge in [-0.15, -0.1) is 0 Å². The van der Waals surface area contributed by atoms with E-state index in [-0.39, 0.29) is 23.8 Å². The smallest absolute Gasteiger partial charge is 0.326 e. The molecule has 0 bridgehead atoms. The molecule has 0 saturated carbocycles. The topological polar surface area (TPSA) is 104 Å². The molecule has 2 rings (SSSR count). The Hall–Kier alpha value is -1.73.